The number of hydrogen-bond acceptors (Lipinski definition) is 6. The average Bonchev–Trinajstić information content (AvgIpc) is 3.40. The fourth-order valence-electron chi connectivity index (χ4n) is 2.83. The number of alkyl halides is 6. The van der Waals surface area contributed by atoms with Gasteiger partial charge in [0.2, 0.25) is 0 Å². The fourth-order valence-corrected chi connectivity index (χ4v) is 3.54. The molecule has 0 atom stereocenters. The topological polar surface area (TPSA) is 81.4 Å². The molecule has 0 saturated heterocycles. The van der Waals surface area contributed by atoms with E-state index in [1.165, 1.54) is 24.3 Å². The van der Waals surface area contributed by atoms with Crippen LogP contribution in [0.25, 0.3) is 16.9 Å². The number of amides is 1. The molecule has 1 N–H and O–H groups in total. The predicted molar refractivity (Wildman–Crippen MR) is 105 cm³/mol. The summed E-state index contributed by atoms with van der Waals surface area (Å²) in [6.45, 7) is -2.95. The quantitative estimate of drug-likeness (QED) is 0.344. The van der Waals surface area contributed by atoms with Gasteiger partial charge in [0.25, 0.3) is 18.8 Å². The maximum atomic E-state index is 13.3. The Morgan fingerprint density at radius 3 is 2.36 bits per heavy atom. The lowest BCUT2D eigenvalue weighted by atomic mass is 10.2. The molecular weight excluding hydrogens is 476 g/mol. The molecule has 33 heavy (non-hydrogen) atoms. The Kier molecular flexibility index (Phi) is 6.18. The van der Waals surface area contributed by atoms with Crippen LogP contribution < -0.4 is 10.1 Å². The van der Waals surface area contributed by atoms with Crippen LogP contribution in [0.1, 0.15) is 34.7 Å². The van der Waals surface area contributed by atoms with E-state index in [0.29, 0.717) is 21.8 Å². The maximum Gasteiger partial charge on any atom is 0.387 e. The Bertz CT molecular complexity index is 1290. The smallest absolute Gasteiger partial charge is 0.387 e. The molecule has 7 nitrogen and oxygen atoms in total. The van der Waals surface area contributed by atoms with E-state index in [9.17, 15) is 31.1 Å². The van der Waals surface area contributed by atoms with Crippen molar-refractivity contribution in [3.05, 3.63) is 58.9 Å². The summed E-state index contributed by atoms with van der Waals surface area (Å²) >= 11 is 1.04. The molecular formula is C19H11F6N5O2S. The van der Waals surface area contributed by atoms with Crippen molar-refractivity contribution < 1.29 is 35.9 Å². The van der Waals surface area contributed by atoms with E-state index in [2.05, 4.69) is 25.1 Å². The number of fused-ring (bicyclic) bond motifs is 1. The first-order valence-corrected chi connectivity index (χ1v) is 9.88. The highest BCUT2D eigenvalue weighted by molar-refractivity contribution is 7.14. The van der Waals surface area contributed by atoms with Gasteiger partial charge in [0.15, 0.2) is 16.5 Å². The van der Waals surface area contributed by atoms with Gasteiger partial charge in [-0.1, -0.05) is 0 Å². The fraction of sp³-hybridized carbons (Fsp3) is 0.158. The van der Waals surface area contributed by atoms with Gasteiger partial charge in [-0.25, -0.2) is 32.0 Å². The first kappa shape index (κ1) is 22.5. The Morgan fingerprint density at radius 2 is 1.73 bits per heavy atom. The van der Waals surface area contributed by atoms with Crippen LogP contribution in [0.2, 0.25) is 0 Å². The van der Waals surface area contributed by atoms with Crippen LogP contribution in [0.5, 0.6) is 5.75 Å². The standard InChI is InChI=1S/C19H11F6N5O2S/c20-15(21)10-5-13(16(22)23)30-14(26-10)6-11(29-30)17(31)28-19-27-12(7-33-19)8-1-3-9(4-2-8)32-18(24)25/h1-7,15-16,18H,(H,27,28,31). The third-order valence-electron chi connectivity index (χ3n) is 4.25. The summed E-state index contributed by atoms with van der Waals surface area (Å²) < 4.78 is 81.8. The highest BCUT2D eigenvalue weighted by Crippen LogP contribution is 2.28. The minimum absolute atomic E-state index is 0.0314. The number of anilines is 1. The van der Waals surface area contributed by atoms with Gasteiger partial charge in [-0.05, 0) is 30.3 Å². The average molecular weight is 487 g/mol. The number of thiazole rings is 1. The van der Waals surface area contributed by atoms with Crippen molar-refractivity contribution in [1.82, 2.24) is 19.6 Å². The van der Waals surface area contributed by atoms with Gasteiger partial charge >= 0.3 is 6.61 Å². The third-order valence-corrected chi connectivity index (χ3v) is 5.01. The molecule has 3 aromatic heterocycles. The monoisotopic (exact) mass is 487 g/mol. The number of hydrogen-bond donors (Lipinski definition) is 1. The molecule has 0 aliphatic rings. The zero-order valence-electron chi connectivity index (χ0n) is 16.1. The van der Waals surface area contributed by atoms with Crippen molar-refractivity contribution >= 4 is 28.0 Å². The molecule has 0 aliphatic heterocycles. The van der Waals surface area contributed by atoms with E-state index < -0.39 is 36.8 Å². The molecule has 4 rings (SSSR count). The third kappa shape index (κ3) is 4.89. The predicted octanol–water partition coefficient (Wildman–Crippen LogP) is 5.58. The van der Waals surface area contributed by atoms with Crippen molar-refractivity contribution in [2.24, 2.45) is 0 Å². The van der Waals surface area contributed by atoms with Crippen molar-refractivity contribution in [2.75, 3.05) is 5.32 Å². The minimum Gasteiger partial charge on any atom is -0.435 e. The second-order valence-corrected chi connectivity index (χ2v) is 7.26. The van der Waals surface area contributed by atoms with Crippen LogP contribution >= 0.6 is 11.3 Å². The summed E-state index contributed by atoms with van der Waals surface area (Å²) in [6.07, 6.45) is -6.20. The number of nitrogens with zero attached hydrogens (tertiary/aromatic N) is 4. The second-order valence-electron chi connectivity index (χ2n) is 6.40. The lowest BCUT2D eigenvalue weighted by Gasteiger charge is -2.06. The summed E-state index contributed by atoms with van der Waals surface area (Å²) in [6, 6.07) is 7.19. The number of aromatic nitrogens is 4. The highest BCUT2D eigenvalue weighted by atomic mass is 32.1. The molecule has 0 aliphatic carbocycles. The van der Waals surface area contributed by atoms with Gasteiger partial charge in [0.05, 0.1) is 5.69 Å². The van der Waals surface area contributed by atoms with E-state index in [0.717, 1.165) is 17.4 Å². The molecule has 3 heterocycles. The molecule has 14 heteroatoms. The van der Waals surface area contributed by atoms with Crippen LogP contribution in [-0.2, 0) is 0 Å². The van der Waals surface area contributed by atoms with E-state index in [4.69, 9.17) is 0 Å². The molecule has 0 radical (unpaired) electrons. The SMILES string of the molecule is O=C(Nc1nc(-c2ccc(OC(F)F)cc2)cs1)c1cc2nc(C(F)F)cc(C(F)F)n2n1. The van der Waals surface area contributed by atoms with Gasteiger partial charge in [0.1, 0.15) is 17.1 Å². The van der Waals surface area contributed by atoms with Crippen LogP contribution in [0, 0.1) is 0 Å². The number of benzene rings is 1. The summed E-state index contributed by atoms with van der Waals surface area (Å²) in [5.41, 5.74) is -1.37. The minimum atomic E-state index is -3.12. The van der Waals surface area contributed by atoms with Crippen LogP contribution in [0.3, 0.4) is 0 Å². The Balaban J connectivity index is 1.54. The highest BCUT2D eigenvalue weighted by Gasteiger charge is 2.22. The van der Waals surface area contributed by atoms with E-state index in [1.54, 1.807) is 5.38 Å². The largest absolute Gasteiger partial charge is 0.435 e. The summed E-state index contributed by atoms with van der Waals surface area (Å²) in [5, 5.41) is 7.91. The molecule has 0 bridgehead atoms. The van der Waals surface area contributed by atoms with E-state index in [1.807, 2.05) is 0 Å². The second kappa shape index (κ2) is 9.05. The van der Waals surface area contributed by atoms with Gasteiger partial charge < -0.3 is 4.74 Å². The first-order valence-electron chi connectivity index (χ1n) is 9.00. The number of halogens is 6. The zero-order chi connectivity index (χ0) is 23.7. The zero-order valence-corrected chi connectivity index (χ0v) is 16.9. The Morgan fingerprint density at radius 1 is 1.00 bits per heavy atom. The van der Waals surface area contributed by atoms with Crippen molar-refractivity contribution in [2.45, 2.75) is 19.5 Å². The lowest BCUT2D eigenvalue weighted by molar-refractivity contribution is -0.0498. The Hall–Kier alpha value is -3.68. The number of nitrogens with one attached hydrogen (secondary N) is 1. The van der Waals surface area contributed by atoms with Crippen molar-refractivity contribution in [3.63, 3.8) is 0 Å². The summed E-state index contributed by atoms with van der Waals surface area (Å²) in [4.78, 5) is 20.3. The molecule has 0 saturated carbocycles. The molecule has 0 unspecified atom stereocenters. The molecule has 172 valence electrons. The first-order chi connectivity index (χ1) is 15.7. The van der Waals surface area contributed by atoms with Crippen LogP contribution in [0.4, 0.5) is 31.5 Å². The number of carbonyl (C=O) groups excluding carboxylic acids is 1. The van der Waals surface area contributed by atoms with Crippen LogP contribution in [-0.4, -0.2) is 32.1 Å². The molecule has 1 amide bonds. The Labute approximate surface area is 184 Å². The van der Waals surface area contributed by atoms with Gasteiger partial charge in [-0.2, -0.15) is 13.9 Å². The molecule has 4 aromatic rings. The molecule has 0 fully saturated rings. The number of carbonyl (C=O) groups is 1. The normalized spacial score (nSPS) is 11.7. The van der Waals surface area contributed by atoms with Crippen molar-refractivity contribution in [1.29, 1.82) is 0 Å². The van der Waals surface area contributed by atoms with E-state index >= 15 is 0 Å². The molecule has 0 spiro atoms. The van der Waals surface area contributed by atoms with Gasteiger partial charge in [-0.15, -0.1) is 11.3 Å². The molecule has 1 aromatic carbocycles. The maximum absolute atomic E-state index is 13.3. The van der Waals surface area contributed by atoms with Crippen LogP contribution in [0.15, 0.2) is 41.8 Å². The number of rotatable bonds is 7. The van der Waals surface area contributed by atoms with Gasteiger partial charge in [0, 0.05) is 17.0 Å². The number of ether oxygens (including phenoxy) is 1. The van der Waals surface area contributed by atoms with Gasteiger partial charge in [-0.3, -0.25) is 10.1 Å². The lowest BCUT2D eigenvalue weighted by Crippen LogP contribution is -2.13. The summed E-state index contributed by atoms with van der Waals surface area (Å²) in [7, 11) is 0. The van der Waals surface area contributed by atoms with E-state index in [-0.39, 0.29) is 22.2 Å². The van der Waals surface area contributed by atoms with Crippen molar-refractivity contribution in [3.8, 4) is 17.0 Å². The summed E-state index contributed by atoms with van der Waals surface area (Å²) in [5.74, 6) is -0.850.